The van der Waals surface area contributed by atoms with Gasteiger partial charge in [0.1, 0.15) is 6.67 Å². The Morgan fingerprint density at radius 3 is 2.77 bits per heavy atom. The van der Waals surface area contributed by atoms with Crippen LogP contribution in [0.1, 0.15) is 0 Å². The zero-order valence-electron chi connectivity index (χ0n) is 7.43. The fourth-order valence-corrected chi connectivity index (χ4v) is 1.50. The summed E-state index contributed by atoms with van der Waals surface area (Å²) in [7, 11) is 1.82. The van der Waals surface area contributed by atoms with Crippen LogP contribution in [-0.2, 0) is 0 Å². The highest BCUT2D eigenvalue weighted by atomic mass is 79.9. The maximum atomic E-state index is 12.0. The van der Waals surface area contributed by atoms with E-state index in [4.69, 9.17) is 5.73 Å². The highest BCUT2D eigenvalue weighted by molar-refractivity contribution is 9.10. The number of hydrogen-bond acceptors (Lipinski definition) is 2. The smallest absolute Gasteiger partial charge is 0.107 e. The van der Waals surface area contributed by atoms with Crippen molar-refractivity contribution in [1.29, 1.82) is 0 Å². The first kappa shape index (κ1) is 10.3. The first-order chi connectivity index (χ1) is 6.15. The minimum absolute atomic E-state index is 0.367. The molecule has 0 amide bonds. The molecule has 0 aromatic heterocycles. The largest absolute Gasteiger partial charge is 0.397 e. The van der Waals surface area contributed by atoms with Gasteiger partial charge in [-0.1, -0.05) is 15.9 Å². The van der Waals surface area contributed by atoms with E-state index in [1.54, 1.807) is 4.90 Å². The summed E-state index contributed by atoms with van der Waals surface area (Å²) in [6, 6.07) is 5.57. The monoisotopic (exact) mass is 246 g/mol. The third-order valence-corrected chi connectivity index (χ3v) is 2.31. The third kappa shape index (κ3) is 2.59. The van der Waals surface area contributed by atoms with Gasteiger partial charge in [0.15, 0.2) is 0 Å². The molecule has 1 rings (SSSR count). The minimum atomic E-state index is -0.369. The van der Waals surface area contributed by atoms with E-state index < -0.39 is 0 Å². The average molecular weight is 247 g/mol. The topological polar surface area (TPSA) is 29.3 Å². The van der Waals surface area contributed by atoms with E-state index in [1.165, 1.54) is 0 Å². The van der Waals surface area contributed by atoms with E-state index in [0.717, 1.165) is 10.2 Å². The number of benzene rings is 1. The molecular formula is C9H12BrFN2. The van der Waals surface area contributed by atoms with Crippen molar-refractivity contribution in [3.8, 4) is 0 Å². The van der Waals surface area contributed by atoms with Crippen LogP contribution in [-0.4, -0.2) is 20.3 Å². The van der Waals surface area contributed by atoms with E-state index in [9.17, 15) is 4.39 Å². The second-order valence-corrected chi connectivity index (χ2v) is 3.73. The maximum Gasteiger partial charge on any atom is 0.107 e. The van der Waals surface area contributed by atoms with Crippen LogP contribution in [0.4, 0.5) is 15.8 Å². The van der Waals surface area contributed by atoms with Crippen LogP contribution in [0.3, 0.4) is 0 Å². The minimum Gasteiger partial charge on any atom is -0.397 e. The van der Waals surface area contributed by atoms with Gasteiger partial charge in [-0.3, -0.25) is 0 Å². The second kappa shape index (κ2) is 4.46. The summed E-state index contributed by atoms with van der Waals surface area (Å²) >= 11 is 3.31. The molecule has 1 aromatic carbocycles. The Morgan fingerprint density at radius 1 is 1.54 bits per heavy atom. The normalized spacial score (nSPS) is 10.1. The van der Waals surface area contributed by atoms with Gasteiger partial charge >= 0.3 is 0 Å². The number of nitrogens with zero attached hydrogens (tertiary/aromatic N) is 1. The van der Waals surface area contributed by atoms with Crippen LogP contribution in [0, 0.1) is 0 Å². The van der Waals surface area contributed by atoms with Crippen LogP contribution in [0.5, 0.6) is 0 Å². The first-order valence-corrected chi connectivity index (χ1v) is 4.76. The molecule has 0 fully saturated rings. The fraction of sp³-hybridized carbons (Fsp3) is 0.333. The van der Waals surface area contributed by atoms with Crippen molar-refractivity contribution in [3.63, 3.8) is 0 Å². The molecule has 4 heteroatoms. The fourth-order valence-electron chi connectivity index (χ4n) is 1.12. The summed E-state index contributed by atoms with van der Waals surface area (Å²) < 4.78 is 13.0. The molecule has 0 atom stereocenters. The van der Waals surface area contributed by atoms with Crippen molar-refractivity contribution >= 4 is 27.3 Å². The predicted octanol–water partition coefficient (Wildman–Crippen LogP) is 2.44. The molecule has 0 aliphatic heterocycles. The number of rotatable bonds is 3. The first-order valence-electron chi connectivity index (χ1n) is 3.97. The number of hydrogen-bond donors (Lipinski definition) is 1. The molecule has 0 unspecified atom stereocenters. The standard InChI is InChI=1S/C9H12BrFN2/c1-13(5-4-11)9-3-2-7(10)6-8(9)12/h2-3,6H,4-5,12H2,1H3. The lowest BCUT2D eigenvalue weighted by atomic mass is 10.2. The predicted molar refractivity (Wildman–Crippen MR) is 57.8 cm³/mol. The number of nitrogens with two attached hydrogens (primary N) is 1. The number of alkyl halides is 1. The Labute approximate surface area is 85.7 Å². The molecule has 0 aliphatic carbocycles. The summed E-state index contributed by atoms with van der Waals surface area (Å²) in [5.41, 5.74) is 7.28. The number of nitrogen functional groups attached to an aromatic ring is 1. The zero-order chi connectivity index (χ0) is 9.84. The SMILES string of the molecule is CN(CCF)c1ccc(Br)cc1N. The highest BCUT2D eigenvalue weighted by Crippen LogP contribution is 2.25. The summed E-state index contributed by atoms with van der Waals surface area (Å²) in [4.78, 5) is 1.79. The molecule has 0 bridgehead atoms. The summed E-state index contributed by atoms with van der Waals surface area (Å²) in [6.07, 6.45) is 0. The molecule has 72 valence electrons. The van der Waals surface area contributed by atoms with Gasteiger partial charge in [0, 0.05) is 18.1 Å². The van der Waals surface area contributed by atoms with E-state index in [-0.39, 0.29) is 6.67 Å². The lowest BCUT2D eigenvalue weighted by molar-refractivity contribution is 0.497. The molecule has 2 N–H and O–H groups in total. The Balaban J connectivity index is 2.88. The number of anilines is 2. The van der Waals surface area contributed by atoms with E-state index in [1.807, 2.05) is 25.2 Å². The van der Waals surface area contributed by atoms with Gasteiger partial charge in [-0.15, -0.1) is 0 Å². The lowest BCUT2D eigenvalue weighted by Crippen LogP contribution is -2.20. The van der Waals surface area contributed by atoms with Crippen LogP contribution >= 0.6 is 15.9 Å². The molecule has 0 saturated carbocycles. The number of halogens is 2. The van der Waals surface area contributed by atoms with Crippen molar-refractivity contribution in [2.75, 3.05) is 30.9 Å². The quantitative estimate of drug-likeness (QED) is 0.831. The van der Waals surface area contributed by atoms with Crippen LogP contribution in [0.2, 0.25) is 0 Å². The van der Waals surface area contributed by atoms with Crippen molar-refractivity contribution in [3.05, 3.63) is 22.7 Å². The van der Waals surface area contributed by atoms with Crippen LogP contribution in [0.15, 0.2) is 22.7 Å². The average Bonchev–Trinajstić information content (AvgIpc) is 2.04. The zero-order valence-corrected chi connectivity index (χ0v) is 9.01. The van der Waals surface area contributed by atoms with Gasteiger partial charge in [-0.2, -0.15) is 0 Å². The van der Waals surface area contributed by atoms with Gasteiger partial charge in [0.2, 0.25) is 0 Å². The molecule has 0 spiro atoms. The Kier molecular flexibility index (Phi) is 3.54. The van der Waals surface area contributed by atoms with E-state index >= 15 is 0 Å². The Bertz CT molecular complexity index is 291. The van der Waals surface area contributed by atoms with Crippen molar-refractivity contribution in [2.24, 2.45) is 0 Å². The van der Waals surface area contributed by atoms with Crippen molar-refractivity contribution in [1.82, 2.24) is 0 Å². The molecule has 0 radical (unpaired) electrons. The lowest BCUT2D eigenvalue weighted by Gasteiger charge is -2.19. The molecule has 0 aliphatic rings. The molecule has 0 saturated heterocycles. The van der Waals surface area contributed by atoms with Crippen molar-refractivity contribution < 1.29 is 4.39 Å². The van der Waals surface area contributed by atoms with Gasteiger partial charge in [0.05, 0.1) is 11.4 Å². The molecular weight excluding hydrogens is 235 g/mol. The van der Waals surface area contributed by atoms with Gasteiger partial charge in [0.25, 0.3) is 0 Å². The van der Waals surface area contributed by atoms with Gasteiger partial charge in [-0.05, 0) is 18.2 Å². The molecule has 1 aromatic rings. The molecule has 2 nitrogen and oxygen atoms in total. The maximum absolute atomic E-state index is 12.0. The van der Waals surface area contributed by atoms with Crippen molar-refractivity contribution in [2.45, 2.75) is 0 Å². The van der Waals surface area contributed by atoms with E-state index in [2.05, 4.69) is 15.9 Å². The summed E-state index contributed by atoms with van der Waals surface area (Å²) in [5.74, 6) is 0. The summed E-state index contributed by atoms with van der Waals surface area (Å²) in [5, 5.41) is 0. The van der Waals surface area contributed by atoms with Crippen LogP contribution in [0.25, 0.3) is 0 Å². The molecule has 0 heterocycles. The Morgan fingerprint density at radius 2 is 2.23 bits per heavy atom. The second-order valence-electron chi connectivity index (χ2n) is 2.81. The third-order valence-electron chi connectivity index (χ3n) is 1.82. The Hall–Kier alpha value is -0.770. The molecule has 13 heavy (non-hydrogen) atoms. The van der Waals surface area contributed by atoms with Gasteiger partial charge < -0.3 is 10.6 Å². The van der Waals surface area contributed by atoms with E-state index in [0.29, 0.717) is 12.2 Å². The highest BCUT2D eigenvalue weighted by Gasteiger charge is 2.04. The van der Waals surface area contributed by atoms with Gasteiger partial charge in [-0.25, -0.2) is 4.39 Å². The van der Waals surface area contributed by atoms with Crippen LogP contribution < -0.4 is 10.6 Å². The summed E-state index contributed by atoms with van der Waals surface area (Å²) in [6.45, 7) is -0.00215.